The molecule has 3 N–H and O–H groups in total. The first kappa shape index (κ1) is 27.6. The van der Waals surface area contributed by atoms with Gasteiger partial charge in [0.2, 0.25) is 5.91 Å². The van der Waals surface area contributed by atoms with Gasteiger partial charge in [0.25, 0.3) is 0 Å². The van der Waals surface area contributed by atoms with Crippen molar-refractivity contribution in [3.63, 3.8) is 0 Å². The van der Waals surface area contributed by atoms with Gasteiger partial charge < -0.3 is 35.4 Å². The molecular weight excluding hydrogens is 472 g/mol. The first-order valence-electron chi connectivity index (χ1n) is 12.8. The minimum absolute atomic E-state index is 0.00564. The van der Waals surface area contributed by atoms with Crippen LogP contribution in [0.5, 0.6) is 5.75 Å². The van der Waals surface area contributed by atoms with Crippen LogP contribution in [0.1, 0.15) is 26.7 Å². The van der Waals surface area contributed by atoms with E-state index < -0.39 is 0 Å². The molecule has 0 aliphatic carbocycles. The van der Waals surface area contributed by atoms with Gasteiger partial charge in [-0.25, -0.2) is 9.59 Å². The first-order valence-corrected chi connectivity index (χ1v) is 12.8. The number of benzene rings is 2. The van der Waals surface area contributed by atoms with Gasteiger partial charge >= 0.3 is 12.1 Å². The van der Waals surface area contributed by atoms with Crippen LogP contribution < -0.4 is 25.6 Å². The number of urea groups is 2. The van der Waals surface area contributed by atoms with E-state index in [1.165, 1.54) is 4.90 Å². The van der Waals surface area contributed by atoms with E-state index in [0.717, 1.165) is 30.0 Å². The molecule has 2 aromatic carbocycles. The molecule has 1 heterocycles. The smallest absolute Gasteiger partial charge is 0.321 e. The lowest BCUT2D eigenvalue weighted by atomic mass is 10.2. The normalized spacial score (nSPS) is 13.1. The van der Waals surface area contributed by atoms with Crippen molar-refractivity contribution < 1.29 is 19.1 Å². The second-order valence-corrected chi connectivity index (χ2v) is 8.88. The quantitative estimate of drug-likeness (QED) is 0.451. The van der Waals surface area contributed by atoms with Crippen LogP contribution in [0.15, 0.2) is 48.5 Å². The number of amides is 5. The Labute approximate surface area is 218 Å². The van der Waals surface area contributed by atoms with E-state index in [9.17, 15) is 14.4 Å². The molecule has 10 nitrogen and oxygen atoms in total. The monoisotopic (exact) mass is 510 g/mol. The van der Waals surface area contributed by atoms with E-state index >= 15 is 0 Å². The van der Waals surface area contributed by atoms with Gasteiger partial charge in [0.05, 0.1) is 7.11 Å². The molecule has 3 rings (SSSR count). The summed E-state index contributed by atoms with van der Waals surface area (Å²) in [4.78, 5) is 43.0. The minimum Gasteiger partial charge on any atom is -0.497 e. The van der Waals surface area contributed by atoms with Crippen LogP contribution in [0.25, 0.3) is 0 Å². The number of hydrogen-bond acceptors (Lipinski definition) is 5. The summed E-state index contributed by atoms with van der Waals surface area (Å²) in [5.74, 6) is 0.509. The molecule has 10 heteroatoms. The van der Waals surface area contributed by atoms with Crippen molar-refractivity contribution in [1.82, 2.24) is 15.1 Å². The molecular formula is C27H38N6O4. The number of carbonyl (C=O) groups is 3. The van der Waals surface area contributed by atoms with E-state index in [1.54, 1.807) is 12.0 Å². The van der Waals surface area contributed by atoms with Crippen LogP contribution in [0.3, 0.4) is 0 Å². The largest absolute Gasteiger partial charge is 0.497 e. The van der Waals surface area contributed by atoms with Crippen LogP contribution in [0.2, 0.25) is 0 Å². The van der Waals surface area contributed by atoms with Gasteiger partial charge in [0.1, 0.15) is 12.3 Å². The van der Waals surface area contributed by atoms with Crippen molar-refractivity contribution in [3.05, 3.63) is 48.5 Å². The molecule has 0 aromatic heterocycles. The van der Waals surface area contributed by atoms with Crippen molar-refractivity contribution in [2.45, 2.75) is 26.7 Å². The number of piperazine rings is 1. The number of nitrogens with one attached hydrogen (secondary N) is 3. The highest BCUT2D eigenvalue weighted by Crippen LogP contribution is 2.21. The van der Waals surface area contributed by atoms with Crippen LogP contribution in [0.4, 0.5) is 26.7 Å². The molecule has 5 amide bonds. The van der Waals surface area contributed by atoms with Gasteiger partial charge in [0, 0.05) is 56.3 Å². The highest BCUT2D eigenvalue weighted by molar-refractivity contribution is 5.94. The second-order valence-electron chi connectivity index (χ2n) is 8.88. The van der Waals surface area contributed by atoms with Gasteiger partial charge in [-0.2, -0.15) is 0 Å². The van der Waals surface area contributed by atoms with Gasteiger partial charge in [-0.15, -0.1) is 0 Å². The fraction of sp³-hybridized carbons (Fsp3) is 0.444. The average molecular weight is 511 g/mol. The number of ether oxygens (including phenoxy) is 1. The summed E-state index contributed by atoms with van der Waals surface area (Å²) < 4.78 is 5.15. The number of nitrogens with zero attached hydrogens (tertiary/aromatic N) is 3. The number of anilines is 3. The Bertz CT molecular complexity index is 1020. The third-order valence-corrected chi connectivity index (χ3v) is 6.07. The number of rotatable bonds is 10. The lowest BCUT2D eigenvalue weighted by Crippen LogP contribution is -2.50. The molecule has 1 saturated heterocycles. The molecule has 0 spiro atoms. The van der Waals surface area contributed by atoms with Gasteiger partial charge in [-0.3, -0.25) is 4.79 Å². The van der Waals surface area contributed by atoms with Crippen LogP contribution in [0, 0.1) is 0 Å². The van der Waals surface area contributed by atoms with Crippen LogP contribution in [-0.4, -0.2) is 80.7 Å². The highest BCUT2D eigenvalue weighted by atomic mass is 16.5. The van der Waals surface area contributed by atoms with E-state index in [-0.39, 0.29) is 24.5 Å². The summed E-state index contributed by atoms with van der Waals surface area (Å²) in [6, 6.07) is 14.5. The zero-order valence-electron chi connectivity index (χ0n) is 22.0. The predicted molar refractivity (Wildman–Crippen MR) is 146 cm³/mol. The molecule has 0 saturated carbocycles. The highest BCUT2D eigenvalue weighted by Gasteiger charge is 2.22. The molecule has 1 fully saturated rings. The predicted octanol–water partition coefficient (Wildman–Crippen LogP) is 3.82. The zero-order valence-corrected chi connectivity index (χ0v) is 22.0. The Morgan fingerprint density at radius 3 is 2.08 bits per heavy atom. The summed E-state index contributed by atoms with van der Waals surface area (Å²) in [6.45, 7) is 7.70. The Kier molecular flexibility index (Phi) is 10.4. The van der Waals surface area contributed by atoms with Gasteiger partial charge in [-0.05, 0) is 61.4 Å². The van der Waals surface area contributed by atoms with E-state index in [0.29, 0.717) is 45.0 Å². The maximum atomic E-state index is 12.6. The SMILES string of the molecule is CCCNC(=O)N(CCC)CC(=O)Nc1ccc(N2CCN(C(=O)Nc3ccc(OC)cc3)CC2)cc1. The van der Waals surface area contributed by atoms with Crippen molar-refractivity contribution in [1.29, 1.82) is 0 Å². The summed E-state index contributed by atoms with van der Waals surface area (Å²) in [7, 11) is 1.61. The summed E-state index contributed by atoms with van der Waals surface area (Å²) in [6.07, 6.45) is 1.62. The third-order valence-electron chi connectivity index (χ3n) is 6.07. The van der Waals surface area contributed by atoms with E-state index in [1.807, 2.05) is 62.4 Å². The molecule has 0 radical (unpaired) electrons. The number of carbonyl (C=O) groups excluding carboxylic acids is 3. The fourth-order valence-corrected chi connectivity index (χ4v) is 4.04. The maximum Gasteiger partial charge on any atom is 0.321 e. The molecule has 1 aliphatic heterocycles. The second kappa shape index (κ2) is 14.0. The Morgan fingerprint density at radius 1 is 0.865 bits per heavy atom. The Morgan fingerprint density at radius 2 is 1.49 bits per heavy atom. The van der Waals surface area contributed by atoms with E-state index in [2.05, 4.69) is 20.9 Å². The van der Waals surface area contributed by atoms with Crippen molar-refractivity contribution in [2.24, 2.45) is 0 Å². The Balaban J connectivity index is 1.46. The lowest BCUT2D eigenvalue weighted by Gasteiger charge is -2.36. The standard InChI is InChI=1S/C27H38N6O4/c1-4-14-28-26(35)33(15-5-2)20-25(34)29-21-6-10-23(11-7-21)31-16-18-32(19-17-31)27(36)30-22-8-12-24(37-3)13-9-22/h6-13H,4-5,14-20H2,1-3H3,(H,28,35)(H,29,34)(H,30,36). The third kappa shape index (κ3) is 8.30. The van der Waals surface area contributed by atoms with Crippen LogP contribution in [-0.2, 0) is 4.79 Å². The van der Waals surface area contributed by atoms with Crippen molar-refractivity contribution >= 4 is 35.0 Å². The van der Waals surface area contributed by atoms with Gasteiger partial charge in [0.15, 0.2) is 0 Å². The topological polar surface area (TPSA) is 106 Å². The summed E-state index contributed by atoms with van der Waals surface area (Å²) in [5.41, 5.74) is 2.43. The zero-order chi connectivity index (χ0) is 26.6. The van der Waals surface area contributed by atoms with Crippen molar-refractivity contribution in [2.75, 3.05) is 68.5 Å². The molecule has 1 aliphatic rings. The minimum atomic E-state index is -0.232. The number of methoxy groups -OCH3 is 1. The molecule has 0 bridgehead atoms. The Hall–Kier alpha value is -3.95. The molecule has 0 unspecified atom stereocenters. The van der Waals surface area contributed by atoms with Crippen LogP contribution >= 0.6 is 0 Å². The number of hydrogen-bond donors (Lipinski definition) is 3. The summed E-state index contributed by atoms with van der Waals surface area (Å²) in [5, 5.41) is 8.63. The lowest BCUT2D eigenvalue weighted by molar-refractivity contribution is -0.116. The van der Waals surface area contributed by atoms with Crippen molar-refractivity contribution in [3.8, 4) is 5.75 Å². The molecule has 200 valence electrons. The maximum absolute atomic E-state index is 12.6. The van der Waals surface area contributed by atoms with Gasteiger partial charge in [-0.1, -0.05) is 13.8 Å². The van der Waals surface area contributed by atoms with E-state index in [4.69, 9.17) is 4.74 Å². The summed E-state index contributed by atoms with van der Waals surface area (Å²) >= 11 is 0. The molecule has 37 heavy (non-hydrogen) atoms. The average Bonchev–Trinajstić information content (AvgIpc) is 2.92. The molecule has 0 atom stereocenters. The molecule has 2 aromatic rings. The first-order chi connectivity index (χ1) is 17.9. The fourth-order valence-electron chi connectivity index (χ4n) is 4.04.